The van der Waals surface area contributed by atoms with Gasteiger partial charge in [0, 0.05) is 22.5 Å². The average Bonchev–Trinajstić information content (AvgIpc) is 3.13. The third kappa shape index (κ3) is 3.10. The highest BCUT2D eigenvalue weighted by Gasteiger charge is 2.15. The first-order valence-electron chi connectivity index (χ1n) is 6.13. The molecule has 0 aliphatic heterocycles. The van der Waals surface area contributed by atoms with Crippen molar-refractivity contribution in [3.63, 3.8) is 0 Å². The lowest BCUT2D eigenvalue weighted by molar-refractivity contribution is 0.612. The molecule has 0 fully saturated rings. The standard InChI is InChI=1S/C15H14N2S2/c1-2-8-16-12(5-1)11-17-15(13-6-3-9-18-13)14-7-4-10-19-14/h1-10,15,17H,11H2. The van der Waals surface area contributed by atoms with Crippen molar-refractivity contribution in [2.24, 2.45) is 0 Å². The Bertz CT molecular complexity index is 554. The van der Waals surface area contributed by atoms with Gasteiger partial charge in [0.2, 0.25) is 0 Å². The van der Waals surface area contributed by atoms with E-state index in [2.05, 4.69) is 45.3 Å². The van der Waals surface area contributed by atoms with Crippen molar-refractivity contribution in [2.75, 3.05) is 0 Å². The van der Waals surface area contributed by atoms with Crippen LogP contribution in [-0.2, 0) is 6.54 Å². The second kappa shape index (κ2) is 6.10. The monoisotopic (exact) mass is 286 g/mol. The van der Waals surface area contributed by atoms with Crippen LogP contribution in [0.5, 0.6) is 0 Å². The molecule has 3 aromatic rings. The minimum atomic E-state index is 0.266. The van der Waals surface area contributed by atoms with Crippen LogP contribution in [0.2, 0.25) is 0 Å². The summed E-state index contributed by atoms with van der Waals surface area (Å²) in [5, 5.41) is 7.85. The molecule has 0 saturated heterocycles. The van der Waals surface area contributed by atoms with E-state index in [9.17, 15) is 0 Å². The molecule has 0 radical (unpaired) electrons. The Labute approximate surface area is 120 Å². The minimum Gasteiger partial charge on any atom is -0.299 e. The normalized spacial score (nSPS) is 11.0. The molecule has 0 aliphatic carbocycles. The number of thiophene rings is 2. The highest BCUT2D eigenvalue weighted by Crippen LogP contribution is 2.29. The smallest absolute Gasteiger partial charge is 0.0768 e. The van der Waals surface area contributed by atoms with Gasteiger partial charge in [-0.15, -0.1) is 22.7 Å². The van der Waals surface area contributed by atoms with Gasteiger partial charge in [-0.05, 0) is 35.0 Å². The van der Waals surface area contributed by atoms with Crippen LogP contribution in [0.1, 0.15) is 21.5 Å². The molecule has 0 amide bonds. The minimum absolute atomic E-state index is 0.266. The molecule has 96 valence electrons. The van der Waals surface area contributed by atoms with E-state index in [-0.39, 0.29) is 6.04 Å². The Hall–Kier alpha value is -1.49. The molecule has 3 aromatic heterocycles. The predicted octanol–water partition coefficient (Wildman–Crippen LogP) is 4.08. The third-order valence-electron chi connectivity index (χ3n) is 2.87. The van der Waals surface area contributed by atoms with Crippen molar-refractivity contribution in [1.82, 2.24) is 10.3 Å². The van der Waals surface area contributed by atoms with Gasteiger partial charge in [0.1, 0.15) is 0 Å². The largest absolute Gasteiger partial charge is 0.299 e. The van der Waals surface area contributed by atoms with Crippen LogP contribution in [0.25, 0.3) is 0 Å². The molecule has 0 atom stereocenters. The molecule has 0 aliphatic rings. The molecule has 0 unspecified atom stereocenters. The van der Waals surface area contributed by atoms with E-state index in [0.717, 1.165) is 12.2 Å². The zero-order chi connectivity index (χ0) is 12.9. The first-order chi connectivity index (χ1) is 9.43. The van der Waals surface area contributed by atoms with Gasteiger partial charge in [0.05, 0.1) is 11.7 Å². The summed E-state index contributed by atoms with van der Waals surface area (Å²) < 4.78 is 0. The van der Waals surface area contributed by atoms with Gasteiger partial charge in [-0.2, -0.15) is 0 Å². The fraction of sp³-hybridized carbons (Fsp3) is 0.133. The van der Waals surface area contributed by atoms with Gasteiger partial charge in [-0.1, -0.05) is 18.2 Å². The first-order valence-corrected chi connectivity index (χ1v) is 7.89. The van der Waals surface area contributed by atoms with Gasteiger partial charge >= 0.3 is 0 Å². The van der Waals surface area contributed by atoms with E-state index >= 15 is 0 Å². The predicted molar refractivity (Wildman–Crippen MR) is 81.6 cm³/mol. The topological polar surface area (TPSA) is 24.9 Å². The lowest BCUT2D eigenvalue weighted by Gasteiger charge is -2.15. The van der Waals surface area contributed by atoms with Crippen LogP contribution < -0.4 is 5.32 Å². The molecule has 3 heterocycles. The molecule has 19 heavy (non-hydrogen) atoms. The van der Waals surface area contributed by atoms with Crippen molar-refractivity contribution < 1.29 is 0 Å². The van der Waals surface area contributed by atoms with E-state index in [4.69, 9.17) is 0 Å². The average molecular weight is 286 g/mol. The number of nitrogens with one attached hydrogen (secondary N) is 1. The molecule has 1 N–H and O–H groups in total. The summed E-state index contributed by atoms with van der Waals surface area (Å²) in [5.41, 5.74) is 1.07. The Kier molecular flexibility index (Phi) is 4.03. The molecular formula is C15H14N2S2. The van der Waals surface area contributed by atoms with Gasteiger partial charge < -0.3 is 0 Å². The summed E-state index contributed by atoms with van der Waals surface area (Å²) in [6.45, 7) is 0.779. The van der Waals surface area contributed by atoms with Gasteiger partial charge in [-0.3, -0.25) is 10.3 Å². The number of hydrogen-bond acceptors (Lipinski definition) is 4. The van der Waals surface area contributed by atoms with Gasteiger partial charge in [0.25, 0.3) is 0 Å². The lowest BCUT2D eigenvalue weighted by atomic mass is 10.2. The summed E-state index contributed by atoms with van der Waals surface area (Å²) in [6.07, 6.45) is 1.84. The van der Waals surface area contributed by atoms with E-state index in [1.807, 2.05) is 24.4 Å². The number of pyridine rings is 1. The third-order valence-corrected chi connectivity index (χ3v) is 4.74. The Morgan fingerprint density at radius 2 is 1.68 bits per heavy atom. The van der Waals surface area contributed by atoms with Gasteiger partial charge in [-0.25, -0.2) is 0 Å². The second-order valence-corrected chi connectivity index (χ2v) is 6.12. The summed E-state index contributed by atoms with van der Waals surface area (Å²) in [7, 11) is 0. The number of rotatable bonds is 5. The zero-order valence-electron chi connectivity index (χ0n) is 10.3. The van der Waals surface area contributed by atoms with Crippen LogP contribution in [-0.4, -0.2) is 4.98 Å². The highest BCUT2D eigenvalue weighted by atomic mass is 32.1. The number of aromatic nitrogens is 1. The summed E-state index contributed by atoms with van der Waals surface area (Å²) in [4.78, 5) is 7.05. The lowest BCUT2D eigenvalue weighted by Crippen LogP contribution is -2.20. The molecule has 0 aromatic carbocycles. The summed E-state index contributed by atoms with van der Waals surface area (Å²) in [5.74, 6) is 0. The van der Waals surface area contributed by atoms with Crippen molar-refractivity contribution in [3.05, 3.63) is 74.9 Å². The highest BCUT2D eigenvalue weighted by molar-refractivity contribution is 7.11. The van der Waals surface area contributed by atoms with E-state index in [0.29, 0.717) is 0 Å². The molecule has 3 rings (SSSR count). The van der Waals surface area contributed by atoms with Crippen LogP contribution >= 0.6 is 22.7 Å². The van der Waals surface area contributed by atoms with Crippen molar-refractivity contribution in [1.29, 1.82) is 0 Å². The molecule has 2 nitrogen and oxygen atoms in total. The Morgan fingerprint density at radius 3 is 2.21 bits per heavy atom. The quantitative estimate of drug-likeness (QED) is 0.764. The van der Waals surface area contributed by atoms with Crippen molar-refractivity contribution in [2.45, 2.75) is 12.6 Å². The van der Waals surface area contributed by atoms with E-state index in [1.54, 1.807) is 22.7 Å². The fourth-order valence-electron chi connectivity index (χ4n) is 1.96. The maximum atomic E-state index is 4.36. The molecule has 0 bridgehead atoms. The SMILES string of the molecule is c1ccc(CNC(c2cccs2)c2cccs2)nc1. The van der Waals surface area contributed by atoms with Crippen LogP contribution in [0.15, 0.2) is 59.4 Å². The van der Waals surface area contributed by atoms with Crippen LogP contribution in [0.4, 0.5) is 0 Å². The first kappa shape index (κ1) is 12.5. The zero-order valence-corrected chi connectivity index (χ0v) is 12.0. The number of nitrogens with zero attached hydrogens (tertiary/aromatic N) is 1. The van der Waals surface area contributed by atoms with Crippen LogP contribution in [0.3, 0.4) is 0 Å². The molecule has 4 heteroatoms. The molecular weight excluding hydrogens is 272 g/mol. The van der Waals surface area contributed by atoms with Gasteiger partial charge in [0.15, 0.2) is 0 Å². The molecule has 0 spiro atoms. The second-order valence-electron chi connectivity index (χ2n) is 4.17. The maximum absolute atomic E-state index is 4.36. The summed E-state index contributed by atoms with van der Waals surface area (Å²) >= 11 is 3.58. The van der Waals surface area contributed by atoms with Crippen molar-refractivity contribution >= 4 is 22.7 Å². The van der Waals surface area contributed by atoms with Crippen molar-refractivity contribution in [3.8, 4) is 0 Å². The Balaban J connectivity index is 1.77. The van der Waals surface area contributed by atoms with E-state index < -0.39 is 0 Å². The summed E-state index contributed by atoms with van der Waals surface area (Å²) in [6, 6.07) is 14.8. The van der Waals surface area contributed by atoms with Crippen LogP contribution in [0, 0.1) is 0 Å². The fourth-order valence-corrected chi connectivity index (χ4v) is 3.67. The molecule has 0 saturated carbocycles. The van der Waals surface area contributed by atoms with E-state index in [1.165, 1.54) is 9.75 Å². The Morgan fingerprint density at radius 1 is 0.947 bits per heavy atom. The number of hydrogen-bond donors (Lipinski definition) is 1. The maximum Gasteiger partial charge on any atom is 0.0768 e.